The summed E-state index contributed by atoms with van der Waals surface area (Å²) in [6.45, 7) is 4.10. The Morgan fingerprint density at radius 1 is 0.489 bits per heavy atom. The number of hydrogen-bond donors (Lipinski definition) is 1. The van der Waals surface area contributed by atoms with Crippen LogP contribution in [0.5, 0.6) is 0 Å². The molecule has 0 aromatic heterocycles. The first-order valence-electron chi connectivity index (χ1n) is 20.0. The predicted octanol–water partition coefficient (Wildman–Crippen LogP) is 12.5. The van der Waals surface area contributed by atoms with E-state index in [4.69, 9.17) is 9.47 Å². The number of rotatable bonds is 36. The Hall–Kier alpha value is -1.88. The number of esters is 2. The summed E-state index contributed by atoms with van der Waals surface area (Å²) in [6, 6.07) is 0. The highest BCUT2D eigenvalue weighted by Crippen LogP contribution is 2.13. The van der Waals surface area contributed by atoms with Gasteiger partial charge in [0.1, 0.15) is 6.61 Å². The maximum absolute atomic E-state index is 12.2. The molecule has 0 aliphatic rings. The fourth-order valence-electron chi connectivity index (χ4n) is 5.58. The molecule has 0 fully saturated rings. The van der Waals surface area contributed by atoms with E-state index in [0.717, 1.165) is 57.8 Å². The second-order valence-corrected chi connectivity index (χ2v) is 13.4. The molecule has 5 nitrogen and oxygen atoms in total. The van der Waals surface area contributed by atoms with Crippen molar-refractivity contribution in [3.63, 3.8) is 0 Å². The minimum absolute atomic E-state index is 0.0722. The van der Waals surface area contributed by atoms with Gasteiger partial charge in [0, 0.05) is 12.8 Å². The molecule has 0 saturated carbocycles. The molecule has 1 atom stereocenters. The van der Waals surface area contributed by atoms with Crippen LogP contribution in [0.1, 0.15) is 200 Å². The molecule has 0 unspecified atom stereocenters. The molecule has 274 valence electrons. The summed E-state index contributed by atoms with van der Waals surface area (Å²) >= 11 is 0. The van der Waals surface area contributed by atoms with E-state index in [1.807, 2.05) is 0 Å². The molecule has 0 spiro atoms. The molecular weight excluding hydrogens is 584 g/mol. The molecule has 0 aliphatic heterocycles. The molecular formula is C42H76O5. The first-order valence-corrected chi connectivity index (χ1v) is 20.0. The third kappa shape index (κ3) is 36.8. The number of carbonyl (C=O) groups is 2. The van der Waals surface area contributed by atoms with E-state index in [0.29, 0.717) is 12.8 Å². The van der Waals surface area contributed by atoms with Crippen LogP contribution in [0.15, 0.2) is 36.5 Å². The Morgan fingerprint density at radius 2 is 0.851 bits per heavy atom. The van der Waals surface area contributed by atoms with E-state index >= 15 is 0 Å². The Bertz CT molecular complexity index is 756. The molecule has 0 aliphatic carbocycles. The first kappa shape index (κ1) is 45.1. The number of aliphatic hydroxyl groups is 1. The van der Waals surface area contributed by atoms with Crippen LogP contribution in [-0.2, 0) is 19.1 Å². The molecule has 0 heterocycles. The predicted molar refractivity (Wildman–Crippen MR) is 201 cm³/mol. The Morgan fingerprint density at radius 3 is 1.32 bits per heavy atom. The molecule has 1 N–H and O–H groups in total. The number of allylic oxidation sites excluding steroid dienone is 6. The van der Waals surface area contributed by atoms with Crippen LogP contribution in [0.25, 0.3) is 0 Å². The van der Waals surface area contributed by atoms with Crippen molar-refractivity contribution < 1.29 is 24.2 Å². The third-order valence-corrected chi connectivity index (χ3v) is 8.66. The maximum atomic E-state index is 12.2. The number of hydrogen-bond acceptors (Lipinski definition) is 5. The van der Waals surface area contributed by atoms with Gasteiger partial charge in [-0.3, -0.25) is 9.59 Å². The van der Waals surface area contributed by atoms with Crippen molar-refractivity contribution in [2.24, 2.45) is 0 Å². The van der Waals surface area contributed by atoms with Crippen molar-refractivity contribution in [3.8, 4) is 0 Å². The summed E-state index contributed by atoms with van der Waals surface area (Å²) in [4.78, 5) is 24.3. The zero-order chi connectivity index (χ0) is 34.3. The summed E-state index contributed by atoms with van der Waals surface area (Å²) in [6.07, 6.45) is 46.3. The van der Waals surface area contributed by atoms with E-state index in [9.17, 15) is 14.7 Å². The lowest BCUT2D eigenvalue weighted by atomic mass is 10.1. The quantitative estimate of drug-likeness (QED) is 0.0411. The van der Waals surface area contributed by atoms with Crippen LogP contribution in [0, 0.1) is 0 Å². The molecule has 0 saturated heterocycles. The van der Waals surface area contributed by atoms with Gasteiger partial charge in [-0.05, 0) is 70.6 Å². The van der Waals surface area contributed by atoms with Gasteiger partial charge >= 0.3 is 11.9 Å². The summed E-state index contributed by atoms with van der Waals surface area (Å²) in [5.41, 5.74) is 0. The van der Waals surface area contributed by atoms with E-state index in [1.54, 1.807) is 0 Å². The van der Waals surface area contributed by atoms with Crippen molar-refractivity contribution in [1.29, 1.82) is 0 Å². The van der Waals surface area contributed by atoms with Gasteiger partial charge in [-0.25, -0.2) is 0 Å². The molecule has 5 heteroatoms. The molecule has 47 heavy (non-hydrogen) atoms. The van der Waals surface area contributed by atoms with Gasteiger partial charge in [-0.1, -0.05) is 153 Å². The van der Waals surface area contributed by atoms with E-state index in [-0.39, 0.29) is 25.2 Å². The van der Waals surface area contributed by atoms with Gasteiger partial charge in [-0.2, -0.15) is 0 Å². The van der Waals surface area contributed by atoms with Gasteiger partial charge in [0.15, 0.2) is 6.10 Å². The number of aliphatic hydroxyl groups excluding tert-OH is 1. The van der Waals surface area contributed by atoms with E-state index in [2.05, 4.69) is 50.3 Å². The summed E-state index contributed by atoms with van der Waals surface area (Å²) in [5.74, 6) is -0.607. The molecule has 0 radical (unpaired) electrons. The molecule has 0 aromatic rings. The van der Waals surface area contributed by atoms with E-state index < -0.39 is 6.10 Å². The lowest BCUT2D eigenvalue weighted by Gasteiger charge is -2.15. The van der Waals surface area contributed by atoms with Gasteiger partial charge in [0.2, 0.25) is 0 Å². The lowest BCUT2D eigenvalue weighted by molar-refractivity contribution is -0.161. The van der Waals surface area contributed by atoms with Gasteiger partial charge in [-0.15, -0.1) is 0 Å². The second kappa shape index (κ2) is 38.6. The van der Waals surface area contributed by atoms with Gasteiger partial charge in [0.25, 0.3) is 0 Å². The molecule has 0 amide bonds. The van der Waals surface area contributed by atoms with Gasteiger partial charge < -0.3 is 14.6 Å². The molecule has 0 bridgehead atoms. The first-order chi connectivity index (χ1) is 23.1. The lowest BCUT2D eigenvalue weighted by Crippen LogP contribution is -2.28. The minimum Gasteiger partial charge on any atom is -0.462 e. The average molecular weight is 661 g/mol. The minimum atomic E-state index is -0.777. The highest BCUT2D eigenvalue weighted by atomic mass is 16.6. The smallest absolute Gasteiger partial charge is 0.306 e. The van der Waals surface area contributed by atoms with Crippen LogP contribution in [0.4, 0.5) is 0 Å². The summed E-state index contributed by atoms with van der Waals surface area (Å²) in [5, 5.41) is 9.55. The van der Waals surface area contributed by atoms with Crippen molar-refractivity contribution >= 4 is 11.9 Å². The normalized spacial score (nSPS) is 12.5. The highest BCUT2D eigenvalue weighted by molar-refractivity contribution is 5.70. The van der Waals surface area contributed by atoms with Crippen LogP contribution in [-0.4, -0.2) is 36.4 Å². The van der Waals surface area contributed by atoms with Crippen molar-refractivity contribution in [2.45, 2.75) is 206 Å². The zero-order valence-electron chi connectivity index (χ0n) is 31.0. The Labute approximate surface area is 291 Å². The zero-order valence-corrected chi connectivity index (χ0v) is 31.0. The maximum Gasteiger partial charge on any atom is 0.306 e. The number of carbonyl (C=O) groups excluding carboxylic acids is 2. The number of unbranched alkanes of at least 4 members (excludes halogenated alkanes) is 22. The largest absolute Gasteiger partial charge is 0.462 e. The highest BCUT2D eigenvalue weighted by Gasteiger charge is 2.16. The Kier molecular flexibility index (Phi) is 37.0. The van der Waals surface area contributed by atoms with Crippen LogP contribution in [0.2, 0.25) is 0 Å². The van der Waals surface area contributed by atoms with Crippen molar-refractivity contribution in [2.75, 3.05) is 13.2 Å². The van der Waals surface area contributed by atoms with Crippen molar-refractivity contribution in [1.82, 2.24) is 0 Å². The summed E-state index contributed by atoms with van der Waals surface area (Å²) in [7, 11) is 0. The summed E-state index contributed by atoms with van der Waals surface area (Å²) < 4.78 is 10.6. The topological polar surface area (TPSA) is 72.8 Å². The standard InChI is InChI=1S/C42H76O5/c1-3-5-7-9-11-13-15-17-19-21-23-25-27-29-31-33-35-37-42(45)47-40(38-43)39-46-41(44)36-34-32-30-28-26-24-22-20-18-16-14-12-10-8-6-4-2/h11,13,17,19-20,22,40,43H,3-10,12,14-16,18,21,23-39H2,1-2H3/b13-11-,19-17-,22-20-/t40-/m0/s1. The molecule has 0 aromatic carbocycles. The SMILES string of the molecule is CCCCC/C=C\C/C=C\CCCCCCCCCC(=O)O[C@@H](CO)COC(=O)CCCCCCC/C=C\CCCCCCCCC. The third-order valence-electron chi connectivity index (χ3n) is 8.66. The average Bonchev–Trinajstić information content (AvgIpc) is 3.07. The van der Waals surface area contributed by atoms with Crippen LogP contribution < -0.4 is 0 Å². The molecule has 0 rings (SSSR count). The van der Waals surface area contributed by atoms with Crippen LogP contribution >= 0.6 is 0 Å². The fraction of sp³-hybridized carbons (Fsp3) is 0.810. The van der Waals surface area contributed by atoms with E-state index in [1.165, 1.54) is 116 Å². The number of ether oxygens (including phenoxy) is 2. The fourth-order valence-corrected chi connectivity index (χ4v) is 5.58. The Balaban J connectivity index is 3.57. The van der Waals surface area contributed by atoms with Gasteiger partial charge in [0.05, 0.1) is 6.61 Å². The monoisotopic (exact) mass is 661 g/mol. The second-order valence-electron chi connectivity index (χ2n) is 13.4. The van der Waals surface area contributed by atoms with Crippen LogP contribution in [0.3, 0.4) is 0 Å². The van der Waals surface area contributed by atoms with Crippen molar-refractivity contribution in [3.05, 3.63) is 36.5 Å².